The Bertz CT molecular complexity index is 2120. The van der Waals surface area contributed by atoms with Gasteiger partial charge in [-0.15, -0.1) is 0 Å². The van der Waals surface area contributed by atoms with Crippen molar-refractivity contribution in [1.82, 2.24) is 28.4 Å². The molecular weight excluding hydrogens is 645 g/mol. The normalized spacial score (nSPS) is 18.2. The minimum Gasteiger partial charge on any atom is -0.392 e. The van der Waals surface area contributed by atoms with Gasteiger partial charge < -0.3 is 33.8 Å². The number of piperazine rings is 1. The van der Waals surface area contributed by atoms with E-state index in [1.165, 1.54) is 9.13 Å². The highest BCUT2D eigenvalue weighted by Crippen LogP contribution is 2.30. The van der Waals surface area contributed by atoms with Gasteiger partial charge in [-0.2, -0.15) is 13.5 Å². The van der Waals surface area contributed by atoms with Crippen molar-refractivity contribution in [3.8, 4) is 16.9 Å². The van der Waals surface area contributed by atoms with Crippen molar-refractivity contribution in [2.45, 2.75) is 38.6 Å². The minimum absolute atomic E-state index is 0. The smallest absolute Gasteiger partial charge is 0.280 e. The summed E-state index contributed by atoms with van der Waals surface area (Å²) in [6, 6.07) is 10.2. The van der Waals surface area contributed by atoms with E-state index in [1.54, 1.807) is 37.8 Å². The summed E-state index contributed by atoms with van der Waals surface area (Å²) in [7, 11) is 1.68. The summed E-state index contributed by atoms with van der Waals surface area (Å²) >= 11 is 0. The Morgan fingerprint density at radius 3 is 2.63 bits per heavy atom. The van der Waals surface area contributed by atoms with Crippen LogP contribution >= 0.6 is 13.5 Å². The molecule has 49 heavy (non-hydrogen) atoms. The first kappa shape index (κ1) is 33.0. The molecule has 0 bridgehead atoms. The van der Waals surface area contributed by atoms with Gasteiger partial charge in [-0.05, 0) is 48.4 Å². The van der Waals surface area contributed by atoms with Crippen LogP contribution in [0.25, 0.3) is 22.5 Å². The molecule has 256 valence electrons. The summed E-state index contributed by atoms with van der Waals surface area (Å²) in [5.41, 5.74) is 5.31. The Morgan fingerprint density at radius 1 is 1.04 bits per heavy atom. The number of nitrogens with zero attached hydrogens (tertiary/aromatic N) is 7. The van der Waals surface area contributed by atoms with Crippen LogP contribution < -0.4 is 21.3 Å². The number of aliphatic hydroxyl groups excluding tert-OH is 1. The topological polar surface area (TPSA) is 131 Å². The monoisotopic (exact) mass is 684 g/mol. The van der Waals surface area contributed by atoms with Crippen LogP contribution in [-0.2, 0) is 36.2 Å². The van der Waals surface area contributed by atoms with Crippen LogP contribution in [-0.4, -0.2) is 85.0 Å². The number of hydrogen-bond acceptors (Lipinski definition) is 10. The molecule has 3 aliphatic heterocycles. The minimum atomic E-state index is -0.364. The van der Waals surface area contributed by atoms with Gasteiger partial charge in [0.05, 0.1) is 51.0 Å². The highest BCUT2D eigenvalue weighted by molar-refractivity contribution is 7.59. The Morgan fingerprint density at radius 2 is 1.90 bits per heavy atom. The standard InChI is InChI=1S/C35H38N8O5.H2S/c1-22-16-40(26-20-48-21-26)8-9-41(22)25-3-4-32(37-15-25)38-29-13-23(17-39(2)34(29)45)27-5-7-36-33(28(27)18-44)43-11-10-42-30-6-12-47-19-24(30)14-31(42)35(43)46;/h3-5,7,10-11,13-15,17,22,26,44H,6,8-9,12,16,18-21H2,1-2H3,(H,37,38);1H2/t22-;/m0./s1. The summed E-state index contributed by atoms with van der Waals surface area (Å²) in [5.74, 6) is 0.874. The van der Waals surface area contributed by atoms with Crippen molar-refractivity contribution in [3.63, 3.8) is 0 Å². The quantitative estimate of drug-likeness (QED) is 0.264. The Balaban J connectivity index is 0.00000378. The maximum atomic E-state index is 13.7. The first-order valence-corrected chi connectivity index (χ1v) is 16.3. The Hall–Kier alpha value is -4.47. The van der Waals surface area contributed by atoms with Crippen LogP contribution in [0.1, 0.15) is 23.7 Å². The van der Waals surface area contributed by atoms with E-state index in [1.807, 2.05) is 35.0 Å². The number of aliphatic hydroxyl groups is 1. The zero-order chi connectivity index (χ0) is 32.9. The average molecular weight is 685 g/mol. The van der Waals surface area contributed by atoms with E-state index in [0.717, 1.165) is 56.2 Å². The molecule has 0 spiro atoms. The molecule has 0 unspecified atom stereocenters. The molecule has 3 aliphatic rings. The molecule has 1 atom stereocenters. The maximum Gasteiger partial charge on any atom is 0.280 e. The summed E-state index contributed by atoms with van der Waals surface area (Å²) in [5, 5.41) is 13.8. The fourth-order valence-corrected chi connectivity index (χ4v) is 7.17. The number of anilines is 3. The van der Waals surface area contributed by atoms with Crippen molar-refractivity contribution < 1.29 is 14.6 Å². The number of aromatic nitrogens is 5. The van der Waals surface area contributed by atoms with Crippen LogP contribution in [0.5, 0.6) is 0 Å². The number of aryl methyl sites for hydroxylation is 1. The number of rotatable bonds is 7. The van der Waals surface area contributed by atoms with Crippen molar-refractivity contribution in [2.75, 3.05) is 49.7 Å². The van der Waals surface area contributed by atoms with Crippen molar-refractivity contribution in [3.05, 3.63) is 98.8 Å². The summed E-state index contributed by atoms with van der Waals surface area (Å²) in [4.78, 5) is 41.0. The van der Waals surface area contributed by atoms with Crippen LogP contribution in [0.15, 0.2) is 70.9 Å². The highest BCUT2D eigenvalue weighted by Gasteiger charge is 2.32. The van der Waals surface area contributed by atoms with Gasteiger partial charge in [-0.3, -0.25) is 19.1 Å². The first-order valence-electron chi connectivity index (χ1n) is 16.3. The highest BCUT2D eigenvalue weighted by atomic mass is 32.1. The Labute approximate surface area is 289 Å². The van der Waals surface area contributed by atoms with Crippen molar-refractivity contribution in [1.29, 1.82) is 0 Å². The van der Waals surface area contributed by atoms with Gasteiger partial charge >= 0.3 is 0 Å². The van der Waals surface area contributed by atoms with Crippen molar-refractivity contribution in [2.24, 2.45) is 7.05 Å². The van der Waals surface area contributed by atoms with E-state index in [9.17, 15) is 14.7 Å². The van der Waals surface area contributed by atoms with Gasteiger partial charge in [0.2, 0.25) is 0 Å². The average Bonchev–Trinajstić information content (AvgIpc) is 3.46. The first-order chi connectivity index (χ1) is 23.4. The molecule has 14 heteroatoms. The van der Waals surface area contributed by atoms with E-state index in [4.69, 9.17) is 9.47 Å². The predicted molar refractivity (Wildman–Crippen MR) is 192 cm³/mol. The van der Waals surface area contributed by atoms with Gasteiger partial charge in [0.15, 0.2) is 0 Å². The van der Waals surface area contributed by atoms with Crippen LogP contribution in [0.2, 0.25) is 0 Å². The largest absolute Gasteiger partial charge is 0.392 e. The SMILES string of the molecule is C[C@H]1CN(C2COC2)CCN1c1ccc(Nc2cc(-c3ccnc(-n4ccn5c6c(cc5c4=O)COCC6)c3CO)cn(C)c2=O)nc1.S. The van der Waals surface area contributed by atoms with Crippen LogP contribution in [0.3, 0.4) is 0 Å². The molecule has 0 amide bonds. The van der Waals surface area contributed by atoms with Gasteiger partial charge in [-0.25, -0.2) is 9.97 Å². The third-order valence-electron chi connectivity index (χ3n) is 9.83. The molecule has 13 nitrogen and oxygen atoms in total. The molecule has 2 N–H and O–H groups in total. The lowest BCUT2D eigenvalue weighted by atomic mass is 10.0. The number of fused-ring (bicyclic) bond motifs is 3. The number of hydrogen-bond donors (Lipinski definition) is 2. The Kier molecular flexibility index (Phi) is 9.07. The summed E-state index contributed by atoms with van der Waals surface area (Å²) in [6.45, 7) is 7.49. The summed E-state index contributed by atoms with van der Waals surface area (Å²) < 4.78 is 15.8. The zero-order valence-corrected chi connectivity index (χ0v) is 28.5. The van der Waals surface area contributed by atoms with Gasteiger partial charge in [0.1, 0.15) is 22.8 Å². The molecule has 2 saturated heterocycles. The van der Waals surface area contributed by atoms with Crippen LogP contribution in [0.4, 0.5) is 17.2 Å². The third-order valence-corrected chi connectivity index (χ3v) is 9.83. The lowest BCUT2D eigenvalue weighted by Crippen LogP contribution is -2.59. The zero-order valence-electron chi connectivity index (χ0n) is 27.5. The molecule has 0 saturated carbocycles. The molecule has 8 heterocycles. The van der Waals surface area contributed by atoms with Gasteiger partial charge in [0, 0.05) is 80.8 Å². The second-order valence-electron chi connectivity index (χ2n) is 12.8. The lowest BCUT2D eigenvalue weighted by molar-refractivity contribution is -0.0691. The molecule has 2 fully saturated rings. The second kappa shape index (κ2) is 13.4. The summed E-state index contributed by atoms with van der Waals surface area (Å²) in [6.07, 6.45) is 9.44. The molecule has 5 aromatic heterocycles. The number of nitrogens with one attached hydrogen (secondary N) is 1. The van der Waals surface area contributed by atoms with Gasteiger partial charge in [-0.1, -0.05) is 0 Å². The lowest BCUT2D eigenvalue weighted by Gasteiger charge is -2.46. The molecule has 0 aliphatic carbocycles. The van der Waals surface area contributed by atoms with E-state index in [-0.39, 0.29) is 31.2 Å². The second-order valence-corrected chi connectivity index (χ2v) is 12.8. The van der Waals surface area contributed by atoms with E-state index in [0.29, 0.717) is 64.8 Å². The molecule has 0 aromatic carbocycles. The fourth-order valence-electron chi connectivity index (χ4n) is 7.17. The van der Waals surface area contributed by atoms with Crippen molar-refractivity contribution >= 4 is 36.2 Å². The third kappa shape index (κ3) is 5.93. The van der Waals surface area contributed by atoms with Gasteiger partial charge in [0.25, 0.3) is 11.1 Å². The van der Waals surface area contributed by atoms with E-state index >= 15 is 0 Å². The molecule has 5 aromatic rings. The number of ether oxygens (including phenoxy) is 2. The maximum absolute atomic E-state index is 13.7. The predicted octanol–water partition coefficient (Wildman–Crippen LogP) is 2.58. The van der Waals surface area contributed by atoms with E-state index in [2.05, 4.69) is 32.0 Å². The fraction of sp³-hybridized carbons (Fsp3) is 0.371. The molecule has 8 rings (SSSR count). The van der Waals surface area contributed by atoms with E-state index < -0.39 is 0 Å². The number of pyridine rings is 3. The molecular formula is C35H40N8O5S. The van der Waals surface area contributed by atoms with Crippen LogP contribution in [0, 0.1) is 0 Å². The molecule has 0 radical (unpaired) electrons.